The number of aromatic nitrogens is 2. The van der Waals surface area contributed by atoms with Crippen LogP contribution >= 0.6 is 0 Å². The molecule has 3 rings (SSSR count). The van der Waals surface area contributed by atoms with Gasteiger partial charge in [0.2, 0.25) is 0 Å². The fourth-order valence-corrected chi connectivity index (χ4v) is 3.70. The second-order valence-corrected chi connectivity index (χ2v) is 9.13. The van der Waals surface area contributed by atoms with Gasteiger partial charge in [0, 0.05) is 29.9 Å². The summed E-state index contributed by atoms with van der Waals surface area (Å²) in [6, 6.07) is 15.4. The molecule has 0 bridgehead atoms. The van der Waals surface area contributed by atoms with E-state index in [-0.39, 0.29) is 5.97 Å². The fraction of sp³-hybridized carbons (Fsp3) is 0.433. The molecule has 2 aromatic carbocycles. The van der Waals surface area contributed by atoms with Crippen molar-refractivity contribution in [2.45, 2.75) is 72.1 Å². The standard InChI is InChI=1S/C30H38N2O3/c1-4-6-20-34-27-16-14-25(15-17-27)30-31-21-26(22-32-30)24-12-18-28(19-13-24)35-29(33)11-9-7-8-10-23(3)5-2/h12-19,21-23H,4-11,20H2,1-3H3. The summed E-state index contributed by atoms with van der Waals surface area (Å²) in [5, 5.41) is 0. The summed E-state index contributed by atoms with van der Waals surface area (Å²) < 4.78 is 11.2. The van der Waals surface area contributed by atoms with Gasteiger partial charge in [-0.3, -0.25) is 4.79 Å². The molecule has 1 heterocycles. The average Bonchev–Trinajstić information content (AvgIpc) is 2.89. The SMILES string of the molecule is CCCCOc1ccc(-c2ncc(-c3ccc(OC(=O)CCCCCC(C)CC)cc3)cn2)cc1. The molecule has 5 nitrogen and oxygen atoms in total. The van der Waals surface area contributed by atoms with E-state index in [0.717, 1.165) is 60.6 Å². The molecule has 0 saturated carbocycles. The van der Waals surface area contributed by atoms with Gasteiger partial charge in [-0.15, -0.1) is 0 Å². The van der Waals surface area contributed by atoms with E-state index in [9.17, 15) is 4.79 Å². The quantitative estimate of drug-likeness (QED) is 0.135. The molecule has 5 heteroatoms. The summed E-state index contributed by atoms with van der Waals surface area (Å²) in [5.41, 5.74) is 2.83. The lowest BCUT2D eigenvalue weighted by atomic mass is 10.0. The maximum Gasteiger partial charge on any atom is 0.311 e. The maximum absolute atomic E-state index is 12.1. The molecule has 35 heavy (non-hydrogen) atoms. The minimum atomic E-state index is -0.171. The van der Waals surface area contributed by atoms with Gasteiger partial charge in [-0.1, -0.05) is 65.0 Å². The minimum absolute atomic E-state index is 0.171. The monoisotopic (exact) mass is 474 g/mol. The van der Waals surface area contributed by atoms with Gasteiger partial charge in [0.05, 0.1) is 6.61 Å². The first-order chi connectivity index (χ1) is 17.1. The molecule has 1 unspecified atom stereocenters. The van der Waals surface area contributed by atoms with E-state index in [4.69, 9.17) is 9.47 Å². The summed E-state index contributed by atoms with van der Waals surface area (Å²) in [6.45, 7) is 7.38. The Kier molecular flexibility index (Phi) is 10.7. The van der Waals surface area contributed by atoms with Crippen molar-refractivity contribution in [2.75, 3.05) is 6.61 Å². The Morgan fingerprint density at radius 1 is 0.800 bits per heavy atom. The van der Waals surface area contributed by atoms with Crippen LogP contribution in [0.1, 0.15) is 72.1 Å². The van der Waals surface area contributed by atoms with E-state index >= 15 is 0 Å². The highest BCUT2D eigenvalue weighted by atomic mass is 16.5. The third-order valence-corrected chi connectivity index (χ3v) is 6.23. The maximum atomic E-state index is 12.1. The van der Waals surface area contributed by atoms with Crippen LogP contribution in [0.4, 0.5) is 0 Å². The first-order valence-corrected chi connectivity index (χ1v) is 13.0. The lowest BCUT2D eigenvalue weighted by Crippen LogP contribution is -2.07. The van der Waals surface area contributed by atoms with Crippen LogP contribution in [0, 0.1) is 5.92 Å². The van der Waals surface area contributed by atoms with Gasteiger partial charge in [-0.05, 0) is 60.7 Å². The molecular weight excluding hydrogens is 436 g/mol. The van der Waals surface area contributed by atoms with Crippen molar-refractivity contribution in [3.63, 3.8) is 0 Å². The van der Waals surface area contributed by atoms with E-state index in [2.05, 4.69) is 30.7 Å². The van der Waals surface area contributed by atoms with E-state index in [1.165, 1.54) is 19.3 Å². The topological polar surface area (TPSA) is 61.3 Å². The molecule has 0 aliphatic rings. The summed E-state index contributed by atoms with van der Waals surface area (Å²) in [6.07, 6.45) is 11.8. The highest BCUT2D eigenvalue weighted by molar-refractivity contribution is 5.73. The van der Waals surface area contributed by atoms with Crippen LogP contribution in [0.3, 0.4) is 0 Å². The highest BCUT2D eigenvalue weighted by Crippen LogP contribution is 2.24. The van der Waals surface area contributed by atoms with Crippen molar-refractivity contribution in [2.24, 2.45) is 5.92 Å². The number of esters is 1. The molecule has 186 valence electrons. The number of benzene rings is 2. The predicted octanol–water partition coefficient (Wildman–Crippen LogP) is 7.89. The first-order valence-electron chi connectivity index (χ1n) is 13.0. The Morgan fingerprint density at radius 2 is 1.46 bits per heavy atom. The first kappa shape index (κ1) is 26.4. The summed E-state index contributed by atoms with van der Waals surface area (Å²) in [5.74, 6) is 2.70. The molecule has 1 atom stereocenters. The minimum Gasteiger partial charge on any atom is -0.494 e. The van der Waals surface area contributed by atoms with E-state index in [1.54, 1.807) is 0 Å². The number of nitrogens with zero attached hydrogens (tertiary/aromatic N) is 2. The molecule has 1 aromatic heterocycles. The summed E-state index contributed by atoms with van der Waals surface area (Å²) >= 11 is 0. The van der Waals surface area contributed by atoms with Crippen molar-refractivity contribution < 1.29 is 14.3 Å². The molecular formula is C30H38N2O3. The molecule has 0 spiro atoms. The smallest absolute Gasteiger partial charge is 0.311 e. The van der Waals surface area contributed by atoms with Crippen molar-refractivity contribution in [1.29, 1.82) is 0 Å². The van der Waals surface area contributed by atoms with Gasteiger partial charge in [-0.2, -0.15) is 0 Å². The Balaban J connectivity index is 1.48. The largest absolute Gasteiger partial charge is 0.494 e. The van der Waals surface area contributed by atoms with Crippen LogP contribution in [-0.4, -0.2) is 22.5 Å². The highest BCUT2D eigenvalue weighted by Gasteiger charge is 2.08. The molecule has 0 amide bonds. The van der Waals surface area contributed by atoms with Gasteiger partial charge in [0.15, 0.2) is 5.82 Å². The zero-order valence-corrected chi connectivity index (χ0v) is 21.3. The van der Waals surface area contributed by atoms with Crippen LogP contribution in [-0.2, 0) is 4.79 Å². The van der Waals surface area contributed by atoms with Gasteiger partial charge in [0.1, 0.15) is 11.5 Å². The molecule has 3 aromatic rings. The zero-order chi connectivity index (χ0) is 24.9. The average molecular weight is 475 g/mol. The normalized spacial score (nSPS) is 11.7. The fourth-order valence-electron chi connectivity index (χ4n) is 3.70. The lowest BCUT2D eigenvalue weighted by Gasteiger charge is -2.08. The number of hydrogen-bond donors (Lipinski definition) is 0. The number of unbranched alkanes of at least 4 members (excludes halogenated alkanes) is 3. The third kappa shape index (κ3) is 8.82. The van der Waals surface area contributed by atoms with E-state index in [1.807, 2.05) is 60.9 Å². The van der Waals surface area contributed by atoms with Crippen molar-refractivity contribution in [3.8, 4) is 34.0 Å². The summed E-state index contributed by atoms with van der Waals surface area (Å²) in [4.78, 5) is 21.2. The molecule has 0 aliphatic carbocycles. The Labute approximate surface area is 209 Å². The number of hydrogen-bond acceptors (Lipinski definition) is 5. The number of carbonyl (C=O) groups excluding carboxylic acids is 1. The second kappa shape index (κ2) is 14.2. The van der Waals surface area contributed by atoms with Gasteiger partial charge in [0.25, 0.3) is 0 Å². The van der Waals surface area contributed by atoms with Crippen molar-refractivity contribution >= 4 is 5.97 Å². The Hall–Kier alpha value is -3.21. The van der Waals surface area contributed by atoms with Crippen LogP contribution in [0.25, 0.3) is 22.5 Å². The van der Waals surface area contributed by atoms with E-state index in [0.29, 0.717) is 18.0 Å². The van der Waals surface area contributed by atoms with Crippen LogP contribution < -0.4 is 9.47 Å². The molecule has 0 saturated heterocycles. The molecule has 0 radical (unpaired) electrons. The number of rotatable bonds is 14. The van der Waals surface area contributed by atoms with Gasteiger partial charge < -0.3 is 9.47 Å². The van der Waals surface area contributed by atoms with Crippen LogP contribution in [0.5, 0.6) is 11.5 Å². The second-order valence-electron chi connectivity index (χ2n) is 9.13. The molecule has 0 N–H and O–H groups in total. The van der Waals surface area contributed by atoms with Gasteiger partial charge >= 0.3 is 5.97 Å². The summed E-state index contributed by atoms with van der Waals surface area (Å²) in [7, 11) is 0. The van der Waals surface area contributed by atoms with E-state index < -0.39 is 0 Å². The Morgan fingerprint density at radius 3 is 2.11 bits per heavy atom. The Bertz CT molecular complexity index is 1010. The number of ether oxygens (including phenoxy) is 2. The lowest BCUT2D eigenvalue weighted by molar-refractivity contribution is -0.134. The van der Waals surface area contributed by atoms with Crippen molar-refractivity contribution in [1.82, 2.24) is 9.97 Å². The third-order valence-electron chi connectivity index (χ3n) is 6.23. The zero-order valence-electron chi connectivity index (χ0n) is 21.3. The van der Waals surface area contributed by atoms with Gasteiger partial charge in [-0.25, -0.2) is 9.97 Å². The molecule has 0 fully saturated rings. The molecule has 0 aliphatic heterocycles. The number of carbonyl (C=O) groups is 1. The van der Waals surface area contributed by atoms with Crippen LogP contribution in [0.15, 0.2) is 60.9 Å². The predicted molar refractivity (Wildman–Crippen MR) is 141 cm³/mol. The van der Waals surface area contributed by atoms with Crippen molar-refractivity contribution in [3.05, 3.63) is 60.9 Å². The van der Waals surface area contributed by atoms with Crippen LogP contribution in [0.2, 0.25) is 0 Å².